The summed E-state index contributed by atoms with van der Waals surface area (Å²) < 4.78 is 36.7. The molecule has 704 valence electrons. The van der Waals surface area contributed by atoms with Crippen LogP contribution in [0.3, 0.4) is 0 Å². The van der Waals surface area contributed by atoms with Gasteiger partial charge in [0.15, 0.2) is 67.2 Å². The first-order valence-corrected chi connectivity index (χ1v) is 46.1. The number of carboxylic acid groups (broad SMARTS) is 1. The van der Waals surface area contributed by atoms with Gasteiger partial charge >= 0.3 is 29.8 Å². The number of likely N-dealkylation sites (N-methyl/N-ethyl adjacent to an activating group) is 1. The highest BCUT2D eigenvalue weighted by molar-refractivity contribution is 6.32. The first-order valence-electron chi connectivity index (χ1n) is 45.7. The number of imide groups is 1. The fraction of sp³-hybridized carbons (Fsp3) is 0.175. The van der Waals surface area contributed by atoms with Gasteiger partial charge in [-0.05, 0) is 141 Å². The van der Waals surface area contributed by atoms with Gasteiger partial charge in [-0.15, -0.1) is 5.06 Å². The van der Waals surface area contributed by atoms with Gasteiger partial charge in [0.1, 0.15) is 45.6 Å². The van der Waals surface area contributed by atoms with Gasteiger partial charge in [0.25, 0.3) is 11.8 Å². The molecule has 0 radical (unpaired) electrons. The van der Waals surface area contributed by atoms with E-state index in [0.29, 0.717) is 94.6 Å². The Bertz CT molecular complexity index is 8240. The number of allylic oxidation sites excluding steroid dienone is 1. The molecule has 142 heavy (non-hydrogen) atoms. The van der Waals surface area contributed by atoms with Crippen LogP contribution in [-0.4, -0.2) is 74.5 Å². The largest absolute Gasteiger partial charge is 0.507 e. The number of rotatable bonds is 8. The van der Waals surface area contributed by atoms with Crippen molar-refractivity contribution >= 4 is 86.6 Å². The van der Waals surface area contributed by atoms with Crippen LogP contribution in [0.2, 0.25) is 5.02 Å². The molecular formula is C114H82ClN3O24. The number of halogens is 1. The number of phenolic OH excluding ortho intramolecular Hbond substituents is 1. The van der Waals surface area contributed by atoms with Crippen LogP contribution in [0.1, 0.15) is 202 Å². The minimum Gasteiger partial charge on any atom is -0.507 e. The second-order valence-corrected chi connectivity index (χ2v) is 37.8. The summed E-state index contributed by atoms with van der Waals surface area (Å²) >= 11 is 6.70. The van der Waals surface area contributed by atoms with Crippen LogP contribution in [0, 0.1) is 0 Å². The number of aromatic nitrogens is 1. The van der Waals surface area contributed by atoms with Crippen LogP contribution in [-0.2, 0) is 102 Å². The lowest BCUT2D eigenvalue weighted by Gasteiger charge is -2.52. The van der Waals surface area contributed by atoms with E-state index in [1.54, 1.807) is 54.6 Å². The first kappa shape index (κ1) is 89.5. The summed E-state index contributed by atoms with van der Waals surface area (Å²) in [5, 5.41) is 23.0. The molecule has 1 unspecified atom stereocenters. The molecular weight excluding hydrogens is 1830 g/mol. The first-order chi connectivity index (χ1) is 68.1. The number of amides is 2. The maximum Gasteiger partial charge on any atom is 0.340 e. The molecule has 1 atom stereocenters. The average molecular weight is 1910 g/mol. The third kappa shape index (κ3) is 13.0. The molecule has 12 aromatic rings. The molecule has 12 heterocycles. The Balaban J connectivity index is 0.000000114. The maximum atomic E-state index is 14.5. The standard InChI is InChI=1S/C42H33NO6.C39H25ClO9.C27H17NO5.C6H7NO4/c1-23-22-40(2,3)43(5)34-20-36-27(18-26(23)34)38(24-12-6-7-13-25(24)39(45)46)28-19-33(35(44)21-37(28)47-36)42-31-16-10-8-14-29(31)41(4,48-49-42)30-15-9-11-17-32(30)42;1-20(41)44-32-18-33-28(16-29(32)39-26-14-8-6-12-24(26)37(3,48-49-39)25-13-7-9-15-27(25)39)38(23-11-5-4-10-22(23)36(43)47-38)30-17-31(40)35(45-21(2)42)19-34(30)46-33;1-26-16-6-2-4-8-18(16)27(33-32-26,19-9-5-3-7-17(19)26)20-13-22-25(14-23(20)30)31-24-12-15(29)10-11-21(24)28-22;1-4(8)11-7-5(9)2-3-6(7)10/h6-22H,1-5H3,(H,45,46);4-19H,1-3H3;2-14,30H,1H3;2-3H2,1H3. The van der Waals surface area contributed by atoms with Crippen molar-refractivity contribution in [2.75, 3.05) is 11.9 Å². The van der Waals surface area contributed by atoms with Gasteiger partial charge in [0.05, 0.1) is 21.7 Å². The molecule has 12 aromatic carbocycles. The van der Waals surface area contributed by atoms with Crippen LogP contribution >= 0.6 is 11.6 Å². The molecule has 2 amide bonds. The summed E-state index contributed by atoms with van der Waals surface area (Å²) in [5.41, 5.74) is 11.8. The lowest BCUT2D eigenvalue weighted by molar-refractivity contribution is -0.415. The Morgan fingerprint density at radius 1 is 0.423 bits per heavy atom. The molecule has 1 saturated heterocycles. The number of nitrogens with zero attached hydrogens (tertiary/aromatic N) is 3. The third-order valence-corrected chi connectivity index (χ3v) is 29.0. The summed E-state index contributed by atoms with van der Waals surface area (Å²) in [6.45, 7) is 16.0. The molecule has 12 aliphatic heterocycles. The molecule has 27 nitrogen and oxygen atoms in total. The molecule has 1 spiro atoms. The second kappa shape index (κ2) is 32.1. The normalized spacial score (nSPS) is 22.2. The number of hydrogen-bond donors (Lipinski definition) is 2. The van der Waals surface area contributed by atoms with E-state index in [1.165, 1.54) is 44.2 Å². The summed E-state index contributed by atoms with van der Waals surface area (Å²) in [4.78, 5) is 158. The van der Waals surface area contributed by atoms with E-state index in [1.807, 2.05) is 210 Å². The number of carbonyl (C=O) groups is 7. The third-order valence-electron chi connectivity index (χ3n) is 28.7. The van der Waals surface area contributed by atoms with Crippen molar-refractivity contribution in [2.24, 2.45) is 0 Å². The fourth-order valence-electron chi connectivity index (χ4n) is 22.3. The van der Waals surface area contributed by atoms with Crippen molar-refractivity contribution in [1.82, 2.24) is 10.0 Å². The minimum absolute atomic E-state index is 0.0237. The lowest BCUT2D eigenvalue weighted by atomic mass is 9.64. The Labute approximate surface area is 813 Å². The second-order valence-electron chi connectivity index (χ2n) is 37.4. The molecule has 28 heteroatoms. The summed E-state index contributed by atoms with van der Waals surface area (Å²) in [6.07, 6.45) is 2.50. The topological polar surface area (TPSA) is 341 Å². The highest BCUT2D eigenvalue weighted by Crippen LogP contribution is 2.67. The molecule has 6 bridgehead atoms. The molecule has 17 aliphatic rings. The Kier molecular flexibility index (Phi) is 20.2. The molecule has 5 aliphatic carbocycles. The molecule has 1 fully saturated rings. The van der Waals surface area contributed by atoms with Gasteiger partial charge < -0.3 is 47.7 Å². The number of hydrogen-bond acceptors (Lipinski definition) is 25. The van der Waals surface area contributed by atoms with Crippen LogP contribution in [0.4, 0.5) is 5.69 Å². The Morgan fingerprint density at radius 2 is 0.887 bits per heavy atom. The van der Waals surface area contributed by atoms with Gasteiger partial charge in [0.2, 0.25) is 0 Å². The van der Waals surface area contributed by atoms with Crippen LogP contribution in [0.5, 0.6) is 28.7 Å². The number of aromatic carboxylic acids is 1. The van der Waals surface area contributed by atoms with Gasteiger partial charge in [-0.2, -0.15) is 0 Å². The van der Waals surface area contributed by atoms with E-state index in [4.69, 9.17) is 68.7 Å². The number of ether oxygens (including phenoxy) is 4. The number of aromatic hydroxyl groups is 1. The van der Waals surface area contributed by atoms with Gasteiger partial charge in [-0.25, -0.2) is 48.7 Å². The number of phenols is 1. The zero-order chi connectivity index (χ0) is 98.7. The molecule has 0 aromatic heterocycles. The highest BCUT2D eigenvalue weighted by Gasteiger charge is 2.64. The van der Waals surface area contributed by atoms with Crippen molar-refractivity contribution < 1.29 is 106 Å². The summed E-state index contributed by atoms with van der Waals surface area (Å²) in [5.74, 6) is -3.00. The predicted molar refractivity (Wildman–Crippen MR) is 516 cm³/mol. The van der Waals surface area contributed by atoms with Gasteiger partial charge in [-0.3, -0.25) is 28.8 Å². The van der Waals surface area contributed by atoms with Crippen molar-refractivity contribution in [3.63, 3.8) is 0 Å². The lowest BCUT2D eigenvalue weighted by Crippen LogP contribution is -2.53. The predicted octanol–water partition coefficient (Wildman–Crippen LogP) is 20.8. The highest BCUT2D eigenvalue weighted by atomic mass is 35.5. The number of esters is 3. The van der Waals surface area contributed by atoms with E-state index in [0.717, 1.165) is 95.9 Å². The van der Waals surface area contributed by atoms with Crippen LogP contribution < -0.4 is 30.0 Å². The van der Waals surface area contributed by atoms with Gasteiger partial charge in [-0.1, -0.05) is 200 Å². The van der Waals surface area contributed by atoms with Crippen LogP contribution in [0.25, 0.3) is 61.5 Å². The van der Waals surface area contributed by atoms with Crippen LogP contribution in [0.15, 0.2) is 297 Å². The zero-order valence-corrected chi connectivity index (χ0v) is 78.3. The maximum absolute atomic E-state index is 14.5. The SMILES string of the molecule is CC(=O)ON1C(=O)CCC1=O.CC(=O)Oc1cc2c(cc1Cl)C1(OC(=O)c3ccccc31)c1cc(C34OOC(C)(c5ccccc53)c3ccccc34)c(OC(C)=O)cc1O2.CC12OOC(c3cc4nc5ccc(=O)cc-5oc4cc3O)(c3ccccc31)c1ccccc12.CC1=CC(C)(C)N(C)c2cc3oc4cc(=O)c(C56OOC(C)(c7ccccc75)c5ccccc56)cc-4c(-c4ccccc4C(=O)O)c3cc21. The number of carboxylic acids is 1. The van der Waals surface area contributed by atoms with E-state index >= 15 is 0 Å². The number of carbonyl (C=O) groups excluding carboxylic acids is 6. The Morgan fingerprint density at radius 3 is 1.41 bits per heavy atom. The molecule has 2 N–H and O–H groups in total. The average Bonchev–Trinajstić information content (AvgIpc) is 0.939. The smallest absolute Gasteiger partial charge is 0.340 e. The zero-order valence-electron chi connectivity index (χ0n) is 77.6. The van der Waals surface area contributed by atoms with E-state index in [-0.39, 0.29) is 68.6 Å². The number of benzene rings is 14. The number of fused-ring (bicyclic) bond motifs is 14. The number of anilines is 1. The number of hydroxylamine groups is 2. The van der Waals surface area contributed by atoms with Crippen molar-refractivity contribution in [3.8, 4) is 62.7 Å². The Hall–Kier alpha value is -16.4. The summed E-state index contributed by atoms with van der Waals surface area (Å²) in [6, 6.07) is 82.9. The van der Waals surface area contributed by atoms with Gasteiger partial charge in [0, 0.05) is 172 Å². The van der Waals surface area contributed by atoms with Crippen molar-refractivity contribution in [2.45, 2.75) is 120 Å². The fourth-order valence-corrected chi connectivity index (χ4v) is 22.5. The van der Waals surface area contributed by atoms with E-state index < -0.39 is 80.9 Å². The monoisotopic (exact) mass is 1910 g/mol. The van der Waals surface area contributed by atoms with E-state index in [2.05, 4.69) is 47.6 Å². The minimum atomic E-state index is -1.58. The van der Waals surface area contributed by atoms with Crippen molar-refractivity contribution in [1.29, 1.82) is 0 Å². The molecule has 29 rings (SSSR count). The summed E-state index contributed by atoms with van der Waals surface area (Å²) in [7, 11) is 2.05. The van der Waals surface area contributed by atoms with Crippen molar-refractivity contribution in [3.05, 3.63) is 421 Å². The van der Waals surface area contributed by atoms with E-state index in [9.17, 15) is 53.4 Å². The molecule has 0 saturated carbocycles. The quantitative estimate of drug-likeness (QED) is 0.0469.